The largest absolute Gasteiger partial charge is 0.462 e. The van der Waals surface area contributed by atoms with Crippen molar-refractivity contribution < 1.29 is 28.6 Å². The zero-order valence-corrected chi connectivity index (χ0v) is 42.1. The molecule has 0 amide bonds. The highest BCUT2D eigenvalue weighted by molar-refractivity contribution is 5.71. The van der Waals surface area contributed by atoms with Crippen molar-refractivity contribution in [3.05, 3.63) is 170 Å². The van der Waals surface area contributed by atoms with Crippen LogP contribution in [0.5, 0.6) is 0 Å². The van der Waals surface area contributed by atoms with Crippen LogP contribution in [-0.2, 0) is 28.6 Å². The van der Waals surface area contributed by atoms with Gasteiger partial charge in [-0.25, -0.2) is 0 Å². The Balaban J connectivity index is 4.60. The van der Waals surface area contributed by atoms with Gasteiger partial charge in [-0.15, -0.1) is 0 Å². The monoisotopic (exact) mass is 919 g/mol. The predicted octanol–water partition coefficient (Wildman–Crippen LogP) is 17.2. The summed E-state index contributed by atoms with van der Waals surface area (Å²) in [5.41, 5.74) is 0. The third-order valence-electron chi connectivity index (χ3n) is 9.71. The molecule has 0 radical (unpaired) electrons. The highest BCUT2D eigenvalue weighted by Crippen LogP contribution is 2.09. The number of carbonyl (C=O) groups is 3. The van der Waals surface area contributed by atoms with Gasteiger partial charge in [-0.1, -0.05) is 197 Å². The van der Waals surface area contributed by atoms with Crippen molar-refractivity contribution in [1.82, 2.24) is 0 Å². The molecule has 6 heteroatoms. The maximum atomic E-state index is 12.7. The third kappa shape index (κ3) is 51.6. The highest BCUT2D eigenvalue weighted by Gasteiger charge is 2.19. The first-order valence-corrected chi connectivity index (χ1v) is 25.6. The number of hydrogen-bond donors (Lipinski definition) is 0. The molecule has 0 saturated heterocycles. The molecule has 0 aromatic carbocycles. The molecular formula is C61H90O6. The Bertz CT molecular complexity index is 1620. The van der Waals surface area contributed by atoms with Gasteiger partial charge >= 0.3 is 17.9 Å². The Kier molecular flexibility index (Phi) is 49.2. The average Bonchev–Trinajstić information content (AvgIpc) is 3.33. The normalized spacial score (nSPS) is 13.5. The summed E-state index contributed by atoms with van der Waals surface area (Å²) in [7, 11) is 0. The minimum Gasteiger partial charge on any atom is -0.462 e. The first-order chi connectivity index (χ1) is 33.0. The number of esters is 3. The lowest BCUT2D eigenvalue weighted by Crippen LogP contribution is -2.30. The van der Waals surface area contributed by atoms with Crippen molar-refractivity contribution in [3.63, 3.8) is 0 Å². The second-order valence-electron chi connectivity index (χ2n) is 15.9. The fraction of sp³-hybridized carbons (Fsp3) is 0.492. The smallest absolute Gasteiger partial charge is 0.306 e. The lowest BCUT2D eigenvalue weighted by Gasteiger charge is -2.18. The minimum absolute atomic E-state index is 0.149. The summed E-state index contributed by atoms with van der Waals surface area (Å²) in [5, 5.41) is 0. The molecule has 0 heterocycles. The van der Waals surface area contributed by atoms with Crippen LogP contribution in [0.25, 0.3) is 0 Å². The van der Waals surface area contributed by atoms with E-state index in [1.807, 2.05) is 12.2 Å². The van der Waals surface area contributed by atoms with Crippen LogP contribution in [0.4, 0.5) is 0 Å². The van der Waals surface area contributed by atoms with Gasteiger partial charge in [-0.3, -0.25) is 14.4 Å². The summed E-state index contributed by atoms with van der Waals surface area (Å²) < 4.78 is 16.6. The van der Waals surface area contributed by atoms with Crippen molar-refractivity contribution in [3.8, 4) is 0 Å². The fourth-order valence-corrected chi connectivity index (χ4v) is 5.99. The van der Waals surface area contributed by atoms with Crippen LogP contribution in [0.2, 0.25) is 0 Å². The van der Waals surface area contributed by atoms with Gasteiger partial charge in [0.25, 0.3) is 0 Å². The molecule has 0 bridgehead atoms. The Morgan fingerprint density at radius 2 is 0.582 bits per heavy atom. The molecule has 0 N–H and O–H groups in total. The van der Waals surface area contributed by atoms with Gasteiger partial charge in [0.05, 0.1) is 0 Å². The molecule has 67 heavy (non-hydrogen) atoms. The number of carbonyl (C=O) groups excluding carboxylic acids is 3. The van der Waals surface area contributed by atoms with Crippen LogP contribution in [0, 0.1) is 0 Å². The van der Waals surface area contributed by atoms with E-state index in [4.69, 9.17) is 14.2 Å². The molecule has 1 atom stereocenters. The van der Waals surface area contributed by atoms with Crippen molar-refractivity contribution >= 4 is 17.9 Å². The van der Waals surface area contributed by atoms with Gasteiger partial charge < -0.3 is 14.2 Å². The standard InChI is InChI=1S/C61H90O6/c1-4-7-10-13-16-19-22-25-26-27-28-29-30-31-32-33-34-37-39-42-45-48-51-54-60(63)66-57-58(67-61(64)55-52-49-46-43-40-36-24-21-18-15-12-9-6-3)56-65-59(62)53-50-47-44-41-38-35-23-20-17-14-11-8-5-2/h7-12,16-21,25-26,28-29,31-32,34-38,40,42,45-46,49,58H,4-6,13-15,22-24,27,30,33,39,41,43-44,47-48,50-57H2,1-3H3/b10-7-,11-8-,12-9-,19-16-,20-17-,21-18-,26-25-,29-28-,32-31-,37-34-,38-35-,40-36-,45-42-,49-46-. The van der Waals surface area contributed by atoms with Crippen LogP contribution in [0.1, 0.15) is 175 Å². The van der Waals surface area contributed by atoms with Gasteiger partial charge in [0.15, 0.2) is 6.10 Å². The van der Waals surface area contributed by atoms with E-state index in [0.29, 0.717) is 12.8 Å². The summed E-state index contributed by atoms with van der Waals surface area (Å²) in [6.45, 7) is 6.11. The third-order valence-corrected chi connectivity index (χ3v) is 9.71. The summed E-state index contributed by atoms with van der Waals surface area (Å²) in [5.74, 6) is -1.14. The van der Waals surface area contributed by atoms with Gasteiger partial charge in [0, 0.05) is 19.3 Å². The highest BCUT2D eigenvalue weighted by atomic mass is 16.6. The molecule has 0 fully saturated rings. The van der Waals surface area contributed by atoms with E-state index in [2.05, 4.69) is 179 Å². The zero-order valence-electron chi connectivity index (χ0n) is 42.1. The van der Waals surface area contributed by atoms with E-state index in [0.717, 1.165) is 122 Å². The molecule has 0 aromatic heterocycles. The van der Waals surface area contributed by atoms with Crippen LogP contribution in [0.3, 0.4) is 0 Å². The fourth-order valence-electron chi connectivity index (χ4n) is 5.99. The minimum atomic E-state index is -0.860. The number of unbranched alkanes of at least 4 members (excludes halogenated alkanes) is 4. The van der Waals surface area contributed by atoms with Crippen LogP contribution in [0.15, 0.2) is 170 Å². The number of allylic oxidation sites excluding steroid dienone is 28. The van der Waals surface area contributed by atoms with E-state index in [9.17, 15) is 14.4 Å². The second kappa shape index (κ2) is 53.4. The summed E-state index contributed by atoms with van der Waals surface area (Å²) in [6.07, 6.45) is 79.3. The first kappa shape index (κ1) is 61.8. The lowest BCUT2D eigenvalue weighted by atomic mass is 10.1. The molecule has 0 rings (SSSR count). The van der Waals surface area contributed by atoms with Crippen molar-refractivity contribution in [1.29, 1.82) is 0 Å². The van der Waals surface area contributed by atoms with Crippen molar-refractivity contribution in [2.45, 2.75) is 181 Å². The molecule has 0 spiro atoms. The second-order valence-corrected chi connectivity index (χ2v) is 15.9. The first-order valence-electron chi connectivity index (χ1n) is 25.6. The Hall–Kier alpha value is -5.23. The Morgan fingerprint density at radius 3 is 0.925 bits per heavy atom. The van der Waals surface area contributed by atoms with Gasteiger partial charge in [-0.2, -0.15) is 0 Å². The van der Waals surface area contributed by atoms with E-state index in [1.54, 1.807) is 0 Å². The van der Waals surface area contributed by atoms with E-state index in [1.165, 1.54) is 0 Å². The maximum absolute atomic E-state index is 12.7. The topological polar surface area (TPSA) is 78.9 Å². The molecule has 0 aromatic rings. The van der Waals surface area contributed by atoms with E-state index in [-0.39, 0.29) is 44.4 Å². The molecule has 370 valence electrons. The Labute approximate surface area is 409 Å². The van der Waals surface area contributed by atoms with Crippen LogP contribution < -0.4 is 0 Å². The van der Waals surface area contributed by atoms with E-state index >= 15 is 0 Å². The van der Waals surface area contributed by atoms with Crippen LogP contribution in [-0.4, -0.2) is 37.2 Å². The summed E-state index contributed by atoms with van der Waals surface area (Å²) >= 11 is 0. The number of ether oxygens (including phenoxy) is 3. The number of hydrogen-bond acceptors (Lipinski definition) is 6. The van der Waals surface area contributed by atoms with Gasteiger partial charge in [-0.05, 0) is 128 Å². The molecule has 0 aliphatic rings. The van der Waals surface area contributed by atoms with Crippen molar-refractivity contribution in [2.75, 3.05) is 13.2 Å². The molecular weight excluding hydrogens is 829 g/mol. The predicted molar refractivity (Wildman–Crippen MR) is 288 cm³/mol. The van der Waals surface area contributed by atoms with Crippen molar-refractivity contribution in [2.24, 2.45) is 0 Å². The van der Waals surface area contributed by atoms with Crippen LogP contribution >= 0.6 is 0 Å². The zero-order chi connectivity index (χ0) is 48.6. The molecule has 0 aliphatic heterocycles. The molecule has 0 saturated carbocycles. The summed E-state index contributed by atoms with van der Waals surface area (Å²) in [6, 6.07) is 0. The SMILES string of the molecule is CC/C=C\C/C=C\C/C=C\C/C=C\C/C=C\C/C=C\C/C=C\CCCC(=O)OCC(COC(=O)CCCCC/C=C\C/C=C\C/C=C\CC)OC(=O)CC/C=C\C/C=C\C/C=C\C/C=C\CC. The number of rotatable bonds is 43. The molecule has 1 unspecified atom stereocenters. The van der Waals surface area contributed by atoms with E-state index < -0.39 is 12.1 Å². The lowest BCUT2D eigenvalue weighted by molar-refractivity contribution is -0.166. The molecule has 6 nitrogen and oxygen atoms in total. The van der Waals surface area contributed by atoms with Gasteiger partial charge in [0.2, 0.25) is 0 Å². The summed E-state index contributed by atoms with van der Waals surface area (Å²) in [4.78, 5) is 37.9. The quantitative estimate of drug-likeness (QED) is 0.0262. The average molecular weight is 919 g/mol. The molecule has 0 aliphatic carbocycles. The van der Waals surface area contributed by atoms with Gasteiger partial charge in [0.1, 0.15) is 13.2 Å². The Morgan fingerprint density at radius 1 is 0.299 bits per heavy atom. The maximum Gasteiger partial charge on any atom is 0.306 e.